The number of carbonyl (C=O) groups excluding carboxylic acids is 1. The van der Waals surface area contributed by atoms with Crippen LogP contribution in [0.5, 0.6) is 0 Å². The number of carbonyl (C=O) groups is 2. The topological polar surface area (TPSA) is 84.2 Å². The van der Waals surface area contributed by atoms with Gasteiger partial charge in [0.05, 0.1) is 12.4 Å². The summed E-state index contributed by atoms with van der Waals surface area (Å²) >= 11 is 1.55. The van der Waals surface area contributed by atoms with Crippen molar-refractivity contribution >= 4 is 35.3 Å². The molecule has 3 aromatic rings. The molecule has 0 radical (unpaired) electrons. The van der Waals surface area contributed by atoms with E-state index in [0.29, 0.717) is 17.7 Å². The van der Waals surface area contributed by atoms with Crippen molar-refractivity contribution in [2.45, 2.75) is 25.4 Å². The lowest BCUT2D eigenvalue weighted by Crippen LogP contribution is -2.41. The lowest BCUT2D eigenvalue weighted by atomic mass is 9.96. The molecule has 0 saturated carbocycles. The third-order valence-corrected chi connectivity index (χ3v) is 5.88. The van der Waals surface area contributed by atoms with E-state index in [4.69, 9.17) is 0 Å². The monoisotopic (exact) mass is 449 g/mol. The molecular weight excluding hydrogens is 422 g/mol. The van der Waals surface area contributed by atoms with Crippen LogP contribution in [0.25, 0.3) is 11.6 Å². The largest absolute Gasteiger partial charge is 0.480 e. The van der Waals surface area contributed by atoms with Crippen molar-refractivity contribution in [2.75, 3.05) is 12.0 Å². The summed E-state index contributed by atoms with van der Waals surface area (Å²) in [4.78, 5) is 28.1. The van der Waals surface area contributed by atoms with Gasteiger partial charge < -0.3 is 15.0 Å². The molecule has 0 aliphatic carbocycles. The molecule has 0 aliphatic heterocycles. The summed E-state index contributed by atoms with van der Waals surface area (Å²) in [5.41, 5.74) is 3.60. The Morgan fingerprint density at radius 1 is 1.12 bits per heavy atom. The Morgan fingerprint density at radius 3 is 2.44 bits per heavy atom. The maximum atomic E-state index is 12.5. The van der Waals surface area contributed by atoms with Gasteiger partial charge in [-0.25, -0.2) is 9.78 Å². The number of imidazole rings is 1. The first-order valence-electron chi connectivity index (χ1n) is 10.4. The van der Waals surface area contributed by atoms with E-state index in [1.54, 1.807) is 36.4 Å². The van der Waals surface area contributed by atoms with Gasteiger partial charge in [-0.15, -0.1) is 0 Å². The molecule has 2 N–H and O–H groups in total. The Labute approximate surface area is 192 Å². The Kier molecular flexibility index (Phi) is 8.27. The summed E-state index contributed by atoms with van der Waals surface area (Å²) in [5.74, 6) is -0.740. The SMILES string of the molecule is CSCC[C@H](NC(=O)c1ccc(C=C(c2ccccc2)C(C)n2ccnc2)cc1)C(=O)O. The molecule has 32 heavy (non-hydrogen) atoms. The quantitative estimate of drug-likeness (QED) is 0.441. The van der Waals surface area contributed by atoms with Gasteiger partial charge in [0.1, 0.15) is 6.04 Å². The highest BCUT2D eigenvalue weighted by Crippen LogP contribution is 2.29. The van der Waals surface area contributed by atoms with Crippen LogP contribution < -0.4 is 5.32 Å². The standard InChI is InChI=1S/C25H27N3O3S/c1-18(28-14-13-26-17-28)22(20-6-4-3-5-7-20)16-19-8-10-21(11-9-19)24(29)27-23(25(30)31)12-15-32-2/h3-11,13-14,16-18,23H,12,15H2,1-2H3,(H,27,29)(H,30,31)/t18?,23-/m0/s1. The summed E-state index contributed by atoms with van der Waals surface area (Å²) in [6.45, 7) is 2.11. The van der Waals surface area contributed by atoms with Crippen LogP contribution in [0, 0.1) is 0 Å². The van der Waals surface area contributed by atoms with Crippen LogP contribution in [-0.4, -0.2) is 44.6 Å². The minimum absolute atomic E-state index is 0.0654. The molecule has 1 aromatic heterocycles. The number of allylic oxidation sites excluding steroid dienone is 1. The first kappa shape index (κ1) is 23.3. The van der Waals surface area contributed by atoms with Crippen molar-refractivity contribution in [3.05, 3.63) is 90.0 Å². The second kappa shape index (κ2) is 11.3. The number of aliphatic carboxylic acids is 1. The van der Waals surface area contributed by atoms with Crippen LogP contribution in [0.1, 0.15) is 40.9 Å². The first-order valence-corrected chi connectivity index (χ1v) is 11.8. The van der Waals surface area contributed by atoms with Gasteiger partial charge in [-0.05, 0) is 60.3 Å². The summed E-state index contributed by atoms with van der Waals surface area (Å²) in [7, 11) is 0. The number of rotatable bonds is 10. The minimum Gasteiger partial charge on any atom is -0.480 e. The van der Waals surface area contributed by atoms with E-state index < -0.39 is 12.0 Å². The van der Waals surface area contributed by atoms with Crippen LogP contribution in [-0.2, 0) is 4.79 Å². The van der Waals surface area contributed by atoms with Crippen molar-refractivity contribution in [2.24, 2.45) is 0 Å². The summed E-state index contributed by atoms with van der Waals surface area (Å²) in [5, 5.41) is 12.0. The van der Waals surface area contributed by atoms with E-state index in [0.717, 1.165) is 16.7 Å². The maximum Gasteiger partial charge on any atom is 0.326 e. The number of amides is 1. The Bertz CT molecular complexity index is 1050. The van der Waals surface area contributed by atoms with Gasteiger partial charge >= 0.3 is 5.97 Å². The molecule has 6 nitrogen and oxygen atoms in total. The fourth-order valence-electron chi connectivity index (χ4n) is 3.38. The number of aromatic nitrogens is 2. The van der Waals surface area contributed by atoms with Crippen molar-refractivity contribution in [1.29, 1.82) is 0 Å². The smallest absolute Gasteiger partial charge is 0.326 e. The van der Waals surface area contributed by atoms with E-state index in [2.05, 4.69) is 35.4 Å². The molecule has 2 aromatic carbocycles. The zero-order valence-corrected chi connectivity index (χ0v) is 19.0. The van der Waals surface area contributed by atoms with E-state index >= 15 is 0 Å². The highest BCUT2D eigenvalue weighted by molar-refractivity contribution is 7.98. The third-order valence-electron chi connectivity index (χ3n) is 5.24. The lowest BCUT2D eigenvalue weighted by Gasteiger charge is -2.18. The average Bonchev–Trinajstić information content (AvgIpc) is 3.35. The molecular formula is C25H27N3O3S. The summed E-state index contributed by atoms with van der Waals surface area (Å²) in [6, 6.07) is 16.5. The molecule has 1 heterocycles. The second-order valence-corrected chi connectivity index (χ2v) is 8.40. The van der Waals surface area contributed by atoms with Crippen LogP contribution in [0.4, 0.5) is 0 Å². The van der Waals surface area contributed by atoms with Crippen molar-refractivity contribution < 1.29 is 14.7 Å². The normalized spacial score (nSPS) is 13.4. The molecule has 0 aliphatic rings. The molecule has 1 unspecified atom stereocenters. The Balaban J connectivity index is 1.82. The Morgan fingerprint density at radius 2 is 1.84 bits per heavy atom. The number of nitrogens with zero attached hydrogens (tertiary/aromatic N) is 2. The van der Waals surface area contributed by atoms with Crippen LogP contribution >= 0.6 is 11.8 Å². The van der Waals surface area contributed by atoms with E-state index in [1.165, 1.54) is 0 Å². The number of carboxylic acid groups (broad SMARTS) is 1. The van der Waals surface area contributed by atoms with E-state index in [9.17, 15) is 14.7 Å². The van der Waals surface area contributed by atoms with Gasteiger partial charge in [-0.1, -0.05) is 42.5 Å². The molecule has 0 saturated heterocycles. The van der Waals surface area contributed by atoms with Gasteiger partial charge in [0.2, 0.25) is 0 Å². The van der Waals surface area contributed by atoms with Crippen LogP contribution in [0.3, 0.4) is 0 Å². The third kappa shape index (κ3) is 6.11. The molecule has 0 fully saturated rings. The molecule has 0 bridgehead atoms. The molecule has 7 heteroatoms. The lowest BCUT2D eigenvalue weighted by molar-refractivity contribution is -0.139. The second-order valence-electron chi connectivity index (χ2n) is 7.42. The molecule has 1 amide bonds. The van der Waals surface area contributed by atoms with E-state index in [-0.39, 0.29) is 11.9 Å². The number of nitrogens with one attached hydrogen (secondary N) is 1. The minimum atomic E-state index is -1.02. The fourth-order valence-corrected chi connectivity index (χ4v) is 3.85. The Hall–Kier alpha value is -3.32. The molecule has 166 valence electrons. The summed E-state index contributed by atoms with van der Waals surface area (Å²) < 4.78 is 2.04. The number of benzene rings is 2. The van der Waals surface area contributed by atoms with Crippen molar-refractivity contribution in [3.8, 4) is 0 Å². The molecule has 3 rings (SSSR count). The van der Waals surface area contributed by atoms with Crippen molar-refractivity contribution in [3.63, 3.8) is 0 Å². The molecule has 0 spiro atoms. The fraction of sp³-hybridized carbons (Fsp3) is 0.240. The van der Waals surface area contributed by atoms with Gasteiger partial charge in [-0.3, -0.25) is 4.79 Å². The number of hydrogen-bond acceptors (Lipinski definition) is 4. The summed E-state index contributed by atoms with van der Waals surface area (Å²) in [6.07, 6.45) is 9.88. The number of thioether (sulfide) groups is 1. The van der Waals surface area contributed by atoms with Gasteiger partial charge in [0.15, 0.2) is 0 Å². The number of carboxylic acids is 1. The predicted octanol–water partition coefficient (Wildman–Crippen LogP) is 4.62. The van der Waals surface area contributed by atoms with Gasteiger partial charge in [0.25, 0.3) is 5.91 Å². The van der Waals surface area contributed by atoms with Crippen LogP contribution in [0.2, 0.25) is 0 Å². The molecule has 2 atom stereocenters. The zero-order chi connectivity index (χ0) is 22.9. The highest BCUT2D eigenvalue weighted by Gasteiger charge is 2.20. The van der Waals surface area contributed by atoms with Crippen LogP contribution in [0.15, 0.2) is 73.3 Å². The average molecular weight is 450 g/mol. The first-order chi connectivity index (χ1) is 15.5. The predicted molar refractivity (Wildman–Crippen MR) is 130 cm³/mol. The highest BCUT2D eigenvalue weighted by atomic mass is 32.2. The van der Waals surface area contributed by atoms with Gasteiger partial charge in [0, 0.05) is 18.0 Å². The number of hydrogen-bond donors (Lipinski definition) is 2. The maximum absolute atomic E-state index is 12.5. The van der Waals surface area contributed by atoms with Gasteiger partial charge in [-0.2, -0.15) is 11.8 Å². The van der Waals surface area contributed by atoms with E-state index in [1.807, 2.05) is 47.4 Å². The zero-order valence-electron chi connectivity index (χ0n) is 18.1. The van der Waals surface area contributed by atoms with Crippen molar-refractivity contribution in [1.82, 2.24) is 14.9 Å².